The normalized spacial score (nSPS) is 24.6. The van der Waals surface area contributed by atoms with Crippen LogP contribution in [-0.2, 0) is 35.5 Å². The molecule has 3 aliphatic rings. The van der Waals surface area contributed by atoms with Crippen LogP contribution in [-0.4, -0.2) is 74.5 Å². The second-order valence-electron chi connectivity index (χ2n) is 10.5. The van der Waals surface area contributed by atoms with Gasteiger partial charge < -0.3 is 30.4 Å². The number of rotatable bonds is 11. The number of amides is 1. The molecule has 12 heteroatoms. The minimum atomic E-state index is -4.14. The smallest absolute Gasteiger partial charge is 0.407 e. The molecular formula is C28H37N3O8S. The third-order valence-electron chi connectivity index (χ3n) is 7.66. The number of aliphatic hydroxyl groups is 1. The number of sulfonamides is 1. The average molecular weight is 576 g/mol. The van der Waals surface area contributed by atoms with Crippen molar-refractivity contribution >= 4 is 21.8 Å². The first-order valence-corrected chi connectivity index (χ1v) is 15.2. The summed E-state index contributed by atoms with van der Waals surface area (Å²) in [6.07, 6.45) is 1.13. The predicted octanol–water partition coefficient (Wildman–Crippen LogP) is 2.59. The maximum Gasteiger partial charge on any atom is 0.407 e. The molecule has 11 nitrogen and oxygen atoms in total. The molecule has 4 N–H and O–H groups in total. The standard InChI is InChI=1S/C28H37N3O8S/c29-20-10-12-22(13-11-20)40(34,35)31(39-21-8-4-5-9-21)17-25(32)24(16-19-6-2-1-3-7-19)30-28(33)38-26-18-37-27-23(26)14-15-36-27/h1-3,6-7,10-13,21,23-27,32H,4-5,8-9,14-18,29H2,(H,30,33)/t23-,24+,25-,26+,27+/m1/s1. The van der Waals surface area contributed by atoms with Gasteiger partial charge in [0.05, 0.1) is 48.8 Å². The summed E-state index contributed by atoms with van der Waals surface area (Å²) in [6, 6.07) is 14.3. The molecule has 1 aliphatic carbocycles. The Balaban J connectivity index is 1.33. The lowest BCUT2D eigenvalue weighted by molar-refractivity contribution is -0.145. The lowest BCUT2D eigenvalue weighted by Crippen LogP contribution is -2.51. The van der Waals surface area contributed by atoms with E-state index >= 15 is 0 Å². The van der Waals surface area contributed by atoms with Gasteiger partial charge in [-0.2, -0.15) is 0 Å². The first kappa shape index (κ1) is 28.8. The number of carbonyl (C=O) groups excluding carboxylic acids is 1. The van der Waals surface area contributed by atoms with Crippen LogP contribution in [0, 0.1) is 5.92 Å². The monoisotopic (exact) mass is 575 g/mol. The summed E-state index contributed by atoms with van der Waals surface area (Å²) < 4.78 is 44.8. The number of alkyl carbamates (subject to hydrolysis) is 1. The lowest BCUT2D eigenvalue weighted by atomic mass is 10.0. The quantitative estimate of drug-likeness (QED) is 0.271. The molecule has 2 aromatic carbocycles. The number of nitrogen functional groups attached to an aromatic ring is 1. The van der Waals surface area contributed by atoms with Crippen molar-refractivity contribution in [3.8, 4) is 0 Å². The number of nitrogens with one attached hydrogen (secondary N) is 1. The first-order chi connectivity index (χ1) is 19.3. The Bertz CT molecular complexity index is 1220. The van der Waals surface area contributed by atoms with E-state index < -0.39 is 40.9 Å². The van der Waals surface area contributed by atoms with Crippen LogP contribution >= 0.6 is 0 Å². The third-order valence-corrected chi connectivity index (χ3v) is 9.30. The molecule has 2 heterocycles. The predicted molar refractivity (Wildman–Crippen MR) is 145 cm³/mol. The molecule has 0 aromatic heterocycles. The summed E-state index contributed by atoms with van der Waals surface area (Å²) in [6.45, 7) is 0.384. The van der Waals surface area contributed by atoms with Crippen LogP contribution in [0.5, 0.6) is 0 Å². The molecule has 2 aliphatic heterocycles. The lowest BCUT2D eigenvalue weighted by Gasteiger charge is -2.31. The number of ether oxygens (including phenoxy) is 3. The highest BCUT2D eigenvalue weighted by Crippen LogP contribution is 2.33. The zero-order valence-electron chi connectivity index (χ0n) is 22.3. The number of hydroxylamine groups is 1. The first-order valence-electron chi connectivity index (χ1n) is 13.8. The van der Waals surface area contributed by atoms with Crippen molar-refractivity contribution in [1.82, 2.24) is 9.79 Å². The fourth-order valence-corrected chi connectivity index (χ4v) is 6.72. The maximum atomic E-state index is 13.6. The number of fused-ring (bicyclic) bond motifs is 1. The number of benzene rings is 2. The Morgan fingerprint density at radius 2 is 1.80 bits per heavy atom. The Kier molecular flexibility index (Phi) is 9.24. The summed E-state index contributed by atoms with van der Waals surface area (Å²) in [7, 11) is -4.14. The van der Waals surface area contributed by atoms with Crippen molar-refractivity contribution in [1.29, 1.82) is 0 Å². The van der Waals surface area contributed by atoms with Crippen molar-refractivity contribution in [2.24, 2.45) is 5.92 Å². The molecular weight excluding hydrogens is 538 g/mol. The van der Waals surface area contributed by atoms with Crippen LogP contribution < -0.4 is 11.1 Å². The number of nitrogens with two attached hydrogens (primary N) is 1. The molecule has 0 bridgehead atoms. The van der Waals surface area contributed by atoms with Gasteiger partial charge in [0, 0.05) is 5.69 Å². The SMILES string of the molecule is Nc1ccc(S(=O)(=O)N(C[C@@H](O)[C@H](Cc2ccccc2)NC(=O)O[C@H]2CO[C@@H]3OCC[C@@H]32)OC2CCCC2)cc1. The topological polar surface area (TPSA) is 150 Å². The highest BCUT2D eigenvalue weighted by atomic mass is 32.2. The Morgan fingerprint density at radius 3 is 2.52 bits per heavy atom. The Hall–Kier alpha value is -2.74. The highest BCUT2D eigenvalue weighted by Gasteiger charge is 2.44. The van der Waals surface area contributed by atoms with Crippen molar-refractivity contribution in [3.05, 3.63) is 60.2 Å². The van der Waals surface area contributed by atoms with E-state index in [4.69, 9.17) is 24.8 Å². The van der Waals surface area contributed by atoms with Gasteiger partial charge in [0.1, 0.15) is 6.10 Å². The largest absolute Gasteiger partial charge is 0.443 e. The van der Waals surface area contributed by atoms with E-state index in [1.807, 2.05) is 30.3 Å². The maximum absolute atomic E-state index is 13.6. The Labute approximate surface area is 234 Å². The van der Waals surface area contributed by atoms with Gasteiger partial charge in [-0.15, -0.1) is 0 Å². The van der Waals surface area contributed by atoms with Gasteiger partial charge in [0.15, 0.2) is 6.29 Å². The van der Waals surface area contributed by atoms with Gasteiger partial charge in [-0.1, -0.05) is 47.6 Å². The van der Waals surface area contributed by atoms with E-state index in [-0.39, 0.29) is 36.2 Å². The van der Waals surface area contributed by atoms with Crippen LogP contribution in [0.3, 0.4) is 0 Å². The van der Waals surface area contributed by atoms with Crippen LogP contribution in [0.2, 0.25) is 0 Å². The molecule has 2 aromatic rings. The number of nitrogens with zero attached hydrogens (tertiary/aromatic N) is 1. The van der Waals surface area contributed by atoms with Crippen molar-refractivity contribution in [3.63, 3.8) is 0 Å². The van der Waals surface area contributed by atoms with Gasteiger partial charge in [-0.25, -0.2) is 13.2 Å². The van der Waals surface area contributed by atoms with E-state index in [1.54, 1.807) is 0 Å². The van der Waals surface area contributed by atoms with E-state index in [1.165, 1.54) is 24.3 Å². The fourth-order valence-electron chi connectivity index (χ4n) is 5.42. The van der Waals surface area contributed by atoms with Crippen LogP contribution in [0.25, 0.3) is 0 Å². The minimum Gasteiger partial charge on any atom is -0.443 e. The van der Waals surface area contributed by atoms with Gasteiger partial charge in [-0.05, 0) is 55.5 Å². The van der Waals surface area contributed by atoms with Crippen LogP contribution in [0.1, 0.15) is 37.7 Å². The van der Waals surface area contributed by atoms with E-state index in [0.29, 0.717) is 12.3 Å². The van der Waals surface area contributed by atoms with Gasteiger partial charge >= 0.3 is 6.09 Å². The van der Waals surface area contributed by atoms with Crippen LogP contribution in [0.4, 0.5) is 10.5 Å². The molecule has 0 unspecified atom stereocenters. The average Bonchev–Trinajstić information content (AvgIpc) is 3.70. The zero-order chi connectivity index (χ0) is 28.1. The van der Waals surface area contributed by atoms with E-state index in [9.17, 15) is 18.3 Å². The fraction of sp³-hybridized carbons (Fsp3) is 0.536. The molecule has 5 atom stereocenters. The van der Waals surface area contributed by atoms with Crippen molar-refractivity contribution in [2.75, 3.05) is 25.5 Å². The zero-order valence-corrected chi connectivity index (χ0v) is 23.1. The summed E-state index contributed by atoms with van der Waals surface area (Å²) in [5, 5.41) is 14.2. The van der Waals surface area contributed by atoms with Gasteiger partial charge in [0.25, 0.3) is 10.0 Å². The molecule has 0 spiro atoms. The number of hydrogen-bond acceptors (Lipinski definition) is 9. The summed E-state index contributed by atoms with van der Waals surface area (Å²) in [5.74, 6) is -0.0383. The molecule has 1 saturated carbocycles. The molecule has 3 fully saturated rings. The van der Waals surface area contributed by atoms with Gasteiger partial charge in [-0.3, -0.25) is 4.84 Å². The molecule has 218 valence electrons. The number of anilines is 1. The molecule has 0 radical (unpaired) electrons. The van der Waals surface area contributed by atoms with Crippen molar-refractivity contribution < 1.29 is 37.4 Å². The second kappa shape index (κ2) is 12.8. The molecule has 40 heavy (non-hydrogen) atoms. The van der Waals surface area contributed by atoms with Crippen LogP contribution in [0.15, 0.2) is 59.5 Å². The van der Waals surface area contributed by atoms with E-state index in [0.717, 1.165) is 42.1 Å². The highest BCUT2D eigenvalue weighted by molar-refractivity contribution is 7.89. The summed E-state index contributed by atoms with van der Waals surface area (Å²) in [4.78, 5) is 19.0. The second-order valence-corrected chi connectivity index (χ2v) is 12.4. The summed E-state index contributed by atoms with van der Waals surface area (Å²) >= 11 is 0. The Morgan fingerprint density at radius 1 is 1.07 bits per heavy atom. The number of hydrogen-bond donors (Lipinski definition) is 3. The van der Waals surface area contributed by atoms with Gasteiger partial charge in [0.2, 0.25) is 0 Å². The molecule has 2 saturated heterocycles. The van der Waals surface area contributed by atoms with E-state index in [2.05, 4.69) is 5.32 Å². The summed E-state index contributed by atoms with van der Waals surface area (Å²) in [5.41, 5.74) is 7.04. The minimum absolute atomic E-state index is 0.00607. The number of aliphatic hydroxyl groups excluding tert-OH is 1. The number of carbonyl (C=O) groups is 1. The van der Waals surface area contributed by atoms with Crippen molar-refractivity contribution in [2.45, 2.75) is 74.1 Å². The third kappa shape index (κ3) is 6.93. The molecule has 1 amide bonds. The molecule has 5 rings (SSSR count).